The van der Waals surface area contributed by atoms with Gasteiger partial charge in [-0.25, -0.2) is 4.79 Å². The highest BCUT2D eigenvalue weighted by Gasteiger charge is 2.37. The average Bonchev–Trinajstić information content (AvgIpc) is 2.29. The minimum atomic E-state index is -0.406. The van der Waals surface area contributed by atoms with Crippen LogP contribution < -0.4 is 0 Å². The molecule has 2 rings (SSSR count). The van der Waals surface area contributed by atoms with Crippen molar-refractivity contribution in [1.82, 2.24) is 4.90 Å². The fourth-order valence-electron chi connectivity index (χ4n) is 3.34. The Morgan fingerprint density at radius 2 is 1.82 bits per heavy atom. The standard InChI is InChI=1S/C18H33NO3/c1-12(2)15-10-19(11-15)17(21)22-18(4,5)7-6-13(3)14-8-16(20)9-14/h12-16,20H,6-11H2,1-5H3/t13?,14-,16+. The topological polar surface area (TPSA) is 49.8 Å². The molecule has 1 unspecified atom stereocenters. The molecule has 0 bridgehead atoms. The highest BCUT2D eigenvalue weighted by Crippen LogP contribution is 2.37. The first-order chi connectivity index (χ1) is 10.2. The van der Waals surface area contributed by atoms with E-state index < -0.39 is 5.60 Å². The molecule has 4 heteroatoms. The summed E-state index contributed by atoms with van der Waals surface area (Å²) in [6.45, 7) is 12.3. The molecular formula is C18H33NO3. The summed E-state index contributed by atoms with van der Waals surface area (Å²) in [6.07, 6.45) is 3.56. The molecule has 0 radical (unpaired) electrons. The molecule has 0 aromatic heterocycles. The monoisotopic (exact) mass is 311 g/mol. The lowest BCUT2D eigenvalue weighted by Gasteiger charge is -2.42. The number of aliphatic hydroxyl groups is 1. The van der Waals surface area contributed by atoms with Crippen LogP contribution in [0.3, 0.4) is 0 Å². The number of hydrogen-bond donors (Lipinski definition) is 1. The number of likely N-dealkylation sites (tertiary alicyclic amines) is 1. The summed E-state index contributed by atoms with van der Waals surface area (Å²) in [4.78, 5) is 14.0. The number of hydrogen-bond acceptors (Lipinski definition) is 3. The fraction of sp³-hybridized carbons (Fsp3) is 0.944. The summed E-state index contributed by atoms with van der Waals surface area (Å²) in [5.41, 5.74) is -0.406. The lowest BCUT2D eigenvalue weighted by atomic mass is 9.72. The van der Waals surface area contributed by atoms with Gasteiger partial charge in [0.2, 0.25) is 0 Å². The second kappa shape index (κ2) is 6.77. The fourth-order valence-corrected chi connectivity index (χ4v) is 3.34. The van der Waals surface area contributed by atoms with Crippen molar-refractivity contribution in [3.63, 3.8) is 0 Å². The van der Waals surface area contributed by atoms with E-state index in [0.29, 0.717) is 23.7 Å². The first-order valence-corrected chi connectivity index (χ1v) is 8.84. The van der Waals surface area contributed by atoms with Crippen molar-refractivity contribution in [2.24, 2.45) is 23.7 Å². The van der Waals surface area contributed by atoms with Gasteiger partial charge in [-0.05, 0) is 63.2 Å². The third-order valence-corrected chi connectivity index (χ3v) is 5.63. The molecule has 0 spiro atoms. The largest absolute Gasteiger partial charge is 0.443 e. The molecule has 1 saturated carbocycles. The smallest absolute Gasteiger partial charge is 0.410 e. The van der Waals surface area contributed by atoms with E-state index in [9.17, 15) is 9.90 Å². The molecule has 0 aromatic rings. The molecule has 1 saturated heterocycles. The Morgan fingerprint density at radius 3 is 2.32 bits per heavy atom. The number of aliphatic hydroxyl groups excluding tert-OH is 1. The van der Waals surface area contributed by atoms with Crippen molar-refractivity contribution in [2.45, 2.75) is 72.0 Å². The molecule has 0 aromatic carbocycles. The predicted octanol–water partition coefficient (Wildman–Crippen LogP) is 3.68. The van der Waals surface area contributed by atoms with Gasteiger partial charge in [0, 0.05) is 13.1 Å². The van der Waals surface area contributed by atoms with Crippen molar-refractivity contribution in [3.05, 3.63) is 0 Å². The van der Waals surface area contributed by atoms with E-state index in [2.05, 4.69) is 20.8 Å². The quantitative estimate of drug-likeness (QED) is 0.814. The Hall–Kier alpha value is -0.770. The van der Waals surface area contributed by atoms with Gasteiger partial charge in [-0.3, -0.25) is 0 Å². The molecule has 1 atom stereocenters. The molecule has 1 N–H and O–H groups in total. The summed E-state index contributed by atoms with van der Waals surface area (Å²) in [6, 6.07) is 0. The van der Waals surface area contributed by atoms with E-state index in [4.69, 9.17) is 4.74 Å². The molecule has 1 amide bonds. The number of carbonyl (C=O) groups excluding carboxylic acids is 1. The zero-order valence-electron chi connectivity index (χ0n) is 14.8. The van der Waals surface area contributed by atoms with Gasteiger partial charge in [-0.1, -0.05) is 20.8 Å². The summed E-state index contributed by atoms with van der Waals surface area (Å²) in [5.74, 6) is 2.50. The summed E-state index contributed by atoms with van der Waals surface area (Å²) >= 11 is 0. The lowest BCUT2D eigenvalue weighted by molar-refractivity contribution is -0.0273. The molecule has 1 aliphatic heterocycles. The normalized spacial score (nSPS) is 27.3. The Morgan fingerprint density at radius 1 is 1.23 bits per heavy atom. The van der Waals surface area contributed by atoms with Crippen molar-refractivity contribution in [2.75, 3.05) is 13.1 Å². The maximum absolute atomic E-state index is 12.2. The SMILES string of the molecule is CC(C)C1CN(C(=O)OC(C)(C)CCC(C)[C@H]2C[C@@H](O)C2)C1. The third kappa shape index (κ3) is 4.37. The van der Waals surface area contributed by atoms with Gasteiger partial charge in [0.1, 0.15) is 5.60 Å². The zero-order chi connectivity index (χ0) is 16.5. The maximum atomic E-state index is 12.2. The minimum absolute atomic E-state index is 0.0846. The van der Waals surface area contributed by atoms with Crippen LogP contribution >= 0.6 is 0 Å². The van der Waals surface area contributed by atoms with Crippen LogP contribution in [0.2, 0.25) is 0 Å². The van der Waals surface area contributed by atoms with E-state index in [1.54, 1.807) is 0 Å². The zero-order valence-corrected chi connectivity index (χ0v) is 14.8. The Labute approximate surface area is 135 Å². The van der Waals surface area contributed by atoms with Gasteiger partial charge in [0.25, 0.3) is 0 Å². The van der Waals surface area contributed by atoms with Crippen molar-refractivity contribution < 1.29 is 14.6 Å². The second-order valence-electron chi connectivity index (χ2n) is 8.44. The van der Waals surface area contributed by atoms with Crippen molar-refractivity contribution >= 4 is 6.09 Å². The van der Waals surface area contributed by atoms with Crippen LogP contribution in [0.1, 0.15) is 60.3 Å². The summed E-state index contributed by atoms with van der Waals surface area (Å²) in [7, 11) is 0. The molecule has 1 heterocycles. The molecule has 128 valence electrons. The highest BCUT2D eigenvalue weighted by atomic mass is 16.6. The molecule has 2 aliphatic rings. The van der Waals surface area contributed by atoms with E-state index in [0.717, 1.165) is 38.8 Å². The van der Waals surface area contributed by atoms with Gasteiger partial charge in [0.05, 0.1) is 6.10 Å². The molecule has 1 aliphatic carbocycles. The lowest BCUT2D eigenvalue weighted by Crippen LogP contribution is -2.53. The number of nitrogens with zero attached hydrogens (tertiary/aromatic N) is 1. The molecule has 2 fully saturated rings. The maximum Gasteiger partial charge on any atom is 0.410 e. The van der Waals surface area contributed by atoms with Gasteiger partial charge in [-0.2, -0.15) is 0 Å². The van der Waals surface area contributed by atoms with Gasteiger partial charge < -0.3 is 14.7 Å². The Bertz CT molecular complexity index is 382. The van der Waals surface area contributed by atoms with Gasteiger partial charge >= 0.3 is 6.09 Å². The van der Waals surface area contributed by atoms with Crippen molar-refractivity contribution in [1.29, 1.82) is 0 Å². The van der Waals surface area contributed by atoms with Crippen molar-refractivity contribution in [3.8, 4) is 0 Å². The van der Waals surface area contributed by atoms with E-state index >= 15 is 0 Å². The minimum Gasteiger partial charge on any atom is -0.443 e. The first-order valence-electron chi connectivity index (χ1n) is 8.84. The van der Waals surface area contributed by atoms with Crippen LogP contribution in [-0.2, 0) is 4.74 Å². The number of amides is 1. The Kier molecular flexibility index (Phi) is 5.41. The predicted molar refractivity (Wildman–Crippen MR) is 87.6 cm³/mol. The van der Waals surface area contributed by atoms with Gasteiger partial charge in [-0.15, -0.1) is 0 Å². The first kappa shape index (κ1) is 17.6. The number of ether oxygens (including phenoxy) is 1. The summed E-state index contributed by atoms with van der Waals surface area (Å²) in [5, 5.41) is 9.39. The van der Waals surface area contributed by atoms with Crippen LogP contribution in [0.15, 0.2) is 0 Å². The van der Waals surface area contributed by atoms with E-state index in [1.807, 2.05) is 18.7 Å². The highest BCUT2D eigenvalue weighted by molar-refractivity contribution is 5.69. The van der Waals surface area contributed by atoms with Crippen LogP contribution in [0.5, 0.6) is 0 Å². The van der Waals surface area contributed by atoms with Gasteiger partial charge in [0.15, 0.2) is 0 Å². The average molecular weight is 311 g/mol. The van der Waals surface area contributed by atoms with Crippen LogP contribution in [-0.4, -0.2) is 40.9 Å². The molecule has 4 nitrogen and oxygen atoms in total. The van der Waals surface area contributed by atoms with E-state index in [-0.39, 0.29) is 12.2 Å². The number of carbonyl (C=O) groups is 1. The van der Waals surface area contributed by atoms with Crippen LogP contribution in [0, 0.1) is 23.7 Å². The Balaban J connectivity index is 1.68. The second-order valence-corrected chi connectivity index (χ2v) is 8.44. The van der Waals surface area contributed by atoms with Crippen LogP contribution in [0.4, 0.5) is 4.79 Å². The third-order valence-electron chi connectivity index (χ3n) is 5.63. The molecular weight excluding hydrogens is 278 g/mol. The molecule has 22 heavy (non-hydrogen) atoms. The number of rotatable bonds is 6. The van der Waals surface area contributed by atoms with Crippen LogP contribution in [0.25, 0.3) is 0 Å². The summed E-state index contributed by atoms with van der Waals surface area (Å²) < 4.78 is 5.71. The van der Waals surface area contributed by atoms with E-state index in [1.165, 1.54) is 0 Å².